The second kappa shape index (κ2) is 12.8. The highest BCUT2D eigenvalue weighted by molar-refractivity contribution is 7.89. The van der Waals surface area contributed by atoms with E-state index < -0.39 is 22.2 Å². The van der Waals surface area contributed by atoms with E-state index in [-0.39, 0.29) is 29.8 Å². The number of pyridine rings is 1. The summed E-state index contributed by atoms with van der Waals surface area (Å²) in [6.07, 6.45) is 2.26. The fourth-order valence-electron chi connectivity index (χ4n) is 4.14. The standard InChI is InChI=1S/C28H35N3O5S/c1-21(2)19-31(37(34,35)25-14-12-24(36-4)13-15-25)20-27(32)26(17-22-9-6-5-7-10-22)30(3)28(33)23-11-8-16-29-18-23/h5-16,18,21,26-27,32H,17,19-20H2,1-4H3/t26-,27+/m0/s1. The Bertz CT molecular complexity index is 1240. The molecular weight excluding hydrogens is 490 g/mol. The van der Waals surface area contributed by atoms with Crippen LogP contribution in [0, 0.1) is 5.92 Å². The molecule has 2 atom stereocenters. The summed E-state index contributed by atoms with van der Waals surface area (Å²) < 4.78 is 33.6. The van der Waals surface area contributed by atoms with Gasteiger partial charge in [0.05, 0.1) is 29.7 Å². The molecule has 0 saturated carbocycles. The molecule has 37 heavy (non-hydrogen) atoms. The number of aliphatic hydroxyl groups is 1. The van der Waals surface area contributed by atoms with Crippen molar-refractivity contribution in [3.8, 4) is 5.75 Å². The molecule has 0 unspecified atom stereocenters. The molecule has 1 N–H and O–H groups in total. The van der Waals surface area contributed by atoms with E-state index in [0.717, 1.165) is 5.56 Å². The van der Waals surface area contributed by atoms with Gasteiger partial charge in [-0.1, -0.05) is 44.2 Å². The quantitative estimate of drug-likeness (QED) is 0.389. The Balaban J connectivity index is 1.92. The van der Waals surface area contributed by atoms with E-state index in [1.54, 1.807) is 37.5 Å². The Kier molecular flexibility index (Phi) is 9.79. The Labute approximate surface area is 219 Å². The summed E-state index contributed by atoms with van der Waals surface area (Å²) in [6.45, 7) is 3.88. The zero-order valence-corrected chi connectivity index (χ0v) is 22.5. The third kappa shape index (κ3) is 7.38. The van der Waals surface area contributed by atoms with Crippen molar-refractivity contribution in [3.63, 3.8) is 0 Å². The van der Waals surface area contributed by atoms with Gasteiger partial charge in [-0.2, -0.15) is 4.31 Å². The van der Waals surface area contributed by atoms with Crippen LogP contribution in [0.2, 0.25) is 0 Å². The van der Waals surface area contributed by atoms with E-state index in [4.69, 9.17) is 4.74 Å². The van der Waals surface area contributed by atoms with E-state index in [1.807, 2.05) is 44.2 Å². The highest BCUT2D eigenvalue weighted by atomic mass is 32.2. The number of carbonyl (C=O) groups is 1. The summed E-state index contributed by atoms with van der Waals surface area (Å²) in [7, 11) is -0.779. The number of methoxy groups -OCH3 is 1. The van der Waals surface area contributed by atoms with Crippen LogP contribution >= 0.6 is 0 Å². The van der Waals surface area contributed by atoms with Gasteiger partial charge < -0.3 is 14.7 Å². The number of rotatable bonds is 12. The number of hydrogen-bond acceptors (Lipinski definition) is 6. The summed E-state index contributed by atoms with van der Waals surface area (Å²) in [5.41, 5.74) is 1.31. The van der Waals surface area contributed by atoms with Crippen molar-refractivity contribution in [1.29, 1.82) is 0 Å². The Morgan fingerprint density at radius 2 is 1.68 bits per heavy atom. The van der Waals surface area contributed by atoms with Crippen LogP contribution in [0.25, 0.3) is 0 Å². The summed E-state index contributed by atoms with van der Waals surface area (Å²) in [6, 6.07) is 18.3. The van der Waals surface area contributed by atoms with E-state index in [2.05, 4.69) is 4.98 Å². The van der Waals surface area contributed by atoms with Crippen LogP contribution in [0.1, 0.15) is 29.8 Å². The molecule has 0 spiro atoms. The minimum atomic E-state index is -3.92. The van der Waals surface area contributed by atoms with Gasteiger partial charge >= 0.3 is 0 Å². The average molecular weight is 526 g/mol. The number of likely N-dealkylation sites (N-methyl/N-ethyl adjacent to an activating group) is 1. The normalized spacial score (nSPS) is 13.4. The van der Waals surface area contributed by atoms with Gasteiger partial charge in [0, 0.05) is 32.5 Å². The number of hydrogen-bond donors (Lipinski definition) is 1. The van der Waals surface area contributed by atoms with Gasteiger partial charge in [0.25, 0.3) is 5.91 Å². The first kappa shape index (κ1) is 28.3. The largest absolute Gasteiger partial charge is 0.497 e. The van der Waals surface area contributed by atoms with Crippen molar-refractivity contribution < 1.29 is 23.1 Å². The first-order chi connectivity index (χ1) is 17.6. The highest BCUT2D eigenvalue weighted by Crippen LogP contribution is 2.23. The molecule has 0 aliphatic heterocycles. The molecule has 0 bridgehead atoms. The number of carbonyl (C=O) groups excluding carboxylic acids is 1. The molecule has 3 rings (SSSR count). The van der Waals surface area contributed by atoms with Crippen molar-refractivity contribution in [3.05, 3.63) is 90.3 Å². The molecule has 0 aliphatic rings. The fraction of sp³-hybridized carbons (Fsp3) is 0.357. The summed E-state index contributed by atoms with van der Waals surface area (Å²) in [4.78, 5) is 18.9. The highest BCUT2D eigenvalue weighted by Gasteiger charge is 2.34. The monoisotopic (exact) mass is 525 g/mol. The maximum absolute atomic E-state index is 13.6. The molecule has 1 amide bonds. The second-order valence-corrected chi connectivity index (χ2v) is 11.3. The molecule has 0 saturated heterocycles. The van der Waals surface area contributed by atoms with Gasteiger partial charge in [-0.25, -0.2) is 8.42 Å². The van der Waals surface area contributed by atoms with Crippen molar-refractivity contribution in [2.24, 2.45) is 5.92 Å². The van der Waals surface area contributed by atoms with Crippen LogP contribution in [0.3, 0.4) is 0 Å². The van der Waals surface area contributed by atoms with E-state index in [1.165, 1.54) is 34.6 Å². The zero-order valence-electron chi connectivity index (χ0n) is 21.7. The third-order valence-corrected chi connectivity index (χ3v) is 7.96. The molecular formula is C28H35N3O5S. The van der Waals surface area contributed by atoms with Gasteiger partial charge in [0.2, 0.25) is 10.0 Å². The summed E-state index contributed by atoms with van der Waals surface area (Å²) in [5.74, 6) is 0.261. The predicted octanol–water partition coefficient (Wildman–Crippen LogP) is 3.48. The van der Waals surface area contributed by atoms with E-state index in [0.29, 0.717) is 17.7 Å². The maximum Gasteiger partial charge on any atom is 0.255 e. The van der Waals surface area contributed by atoms with Gasteiger partial charge in [-0.3, -0.25) is 9.78 Å². The molecule has 0 aliphatic carbocycles. The van der Waals surface area contributed by atoms with Gasteiger partial charge in [0.15, 0.2) is 0 Å². The smallest absolute Gasteiger partial charge is 0.255 e. The number of amides is 1. The Morgan fingerprint density at radius 3 is 2.24 bits per heavy atom. The second-order valence-electron chi connectivity index (χ2n) is 9.37. The molecule has 1 heterocycles. The molecule has 0 fully saturated rings. The number of benzene rings is 2. The van der Waals surface area contributed by atoms with E-state index >= 15 is 0 Å². The Hall–Kier alpha value is -3.27. The molecule has 3 aromatic rings. The van der Waals surface area contributed by atoms with Gasteiger partial charge in [-0.05, 0) is 54.3 Å². The van der Waals surface area contributed by atoms with Crippen LogP contribution in [-0.2, 0) is 16.4 Å². The maximum atomic E-state index is 13.6. The lowest BCUT2D eigenvalue weighted by molar-refractivity contribution is 0.0370. The molecule has 8 nitrogen and oxygen atoms in total. The number of aromatic nitrogens is 1. The lowest BCUT2D eigenvalue weighted by Crippen LogP contribution is -2.51. The molecule has 9 heteroatoms. The number of nitrogens with zero attached hydrogens (tertiary/aromatic N) is 3. The predicted molar refractivity (Wildman–Crippen MR) is 143 cm³/mol. The number of aliphatic hydroxyl groups excluding tert-OH is 1. The topological polar surface area (TPSA) is 100 Å². The molecule has 0 radical (unpaired) electrons. The fourth-order valence-corrected chi connectivity index (χ4v) is 5.76. The van der Waals surface area contributed by atoms with Crippen molar-refractivity contribution >= 4 is 15.9 Å². The average Bonchev–Trinajstić information content (AvgIpc) is 2.91. The van der Waals surface area contributed by atoms with Crippen LogP contribution in [0.4, 0.5) is 0 Å². The lowest BCUT2D eigenvalue weighted by atomic mass is 9.99. The number of ether oxygens (including phenoxy) is 1. The summed E-state index contributed by atoms with van der Waals surface area (Å²) >= 11 is 0. The first-order valence-corrected chi connectivity index (χ1v) is 13.6. The van der Waals surface area contributed by atoms with Gasteiger partial charge in [0.1, 0.15) is 5.75 Å². The van der Waals surface area contributed by atoms with Crippen LogP contribution in [-0.4, -0.2) is 73.0 Å². The molecule has 2 aromatic carbocycles. The van der Waals surface area contributed by atoms with Crippen LogP contribution in [0.15, 0.2) is 84.0 Å². The van der Waals surface area contributed by atoms with Crippen molar-refractivity contribution in [1.82, 2.24) is 14.2 Å². The molecule has 1 aromatic heterocycles. The first-order valence-electron chi connectivity index (χ1n) is 12.2. The third-order valence-electron chi connectivity index (χ3n) is 6.11. The van der Waals surface area contributed by atoms with E-state index in [9.17, 15) is 18.3 Å². The van der Waals surface area contributed by atoms with Crippen molar-refractivity contribution in [2.75, 3.05) is 27.2 Å². The zero-order chi connectivity index (χ0) is 27.0. The van der Waals surface area contributed by atoms with Crippen LogP contribution < -0.4 is 4.74 Å². The lowest BCUT2D eigenvalue weighted by Gasteiger charge is -2.35. The number of sulfonamides is 1. The minimum Gasteiger partial charge on any atom is -0.497 e. The van der Waals surface area contributed by atoms with Crippen LogP contribution in [0.5, 0.6) is 5.75 Å². The SMILES string of the molecule is COc1ccc(S(=O)(=O)N(CC(C)C)C[C@@H](O)[C@H](Cc2ccccc2)N(C)C(=O)c2cccnc2)cc1. The summed E-state index contributed by atoms with van der Waals surface area (Å²) in [5, 5.41) is 11.5. The Morgan fingerprint density at radius 1 is 1.00 bits per heavy atom. The van der Waals surface area contributed by atoms with Crippen molar-refractivity contribution in [2.45, 2.75) is 37.3 Å². The van der Waals surface area contributed by atoms with Gasteiger partial charge in [-0.15, -0.1) is 0 Å². The minimum absolute atomic E-state index is 0.0163. The molecule has 198 valence electrons.